The van der Waals surface area contributed by atoms with Crippen LogP contribution in [0.25, 0.3) is 0 Å². The average molecular weight is 229 g/mol. The van der Waals surface area contributed by atoms with Crippen molar-refractivity contribution < 1.29 is 4.74 Å². The van der Waals surface area contributed by atoms with Crippen LogP contribution in [0.1, 0.15) is 6.92 Å². The summed E-state index contributed by atoms with van der Waals surface area (Å²) in [6.45, 7) is 2.61. The highest BCUT2D eigenvalue weighted by atomic mass is 16.5. The summed E-state index contributed by atoms with van der Waals surface area (Å²) < 4.78 is 5.42. The number of nitrogen functional groups attached to an aromatic ring is 1. The molecule has 0 fully saturated rings. The van der Waals surface area contributed by atoms with Gasteiger partial charge in [0.1, 0.15) is 17.4 Å². The molecule has 0 aliphatic carbocycles. The van der Waals surface area contributed by atoms with E-state index >= 15 is 0 Å². The summed E-state index contributed by atoms with van der Waals surface area (Å²) in [5.41, 5.74) is 6.54. The molecule has 0 spiro atoms. The highest BCUT2D eigenvalue weighted by Crippen LogP contribution is 2.20. The fourth-order valence-corrected chi connectivity index (χ4v) is 1.50. The number of nitrogens with one attached hydrogen (secondary N) is 1. The Kier molecular flexibility index (Phi) is 3.45. The molecule has 3 N–H and O–H groups in total. The molecule has 0 bridgehead atoms. The zero-order valence-electron chi connectivity index (χ0n) is 9.68. The normalized spacial score (nSPS) is 9.94. The van der Waals surface area contributed by atoms with Gasteiger partial charge in [0.15, 0.2) is 0 Å². The van der Waals surface area contributed by atoms with Crippen LogP contribution in [-0.4, -0.2) is 11.6 Å². The maximum atomic E-state index is 5.61. The fraction of sp³-hybridized carbons (Fsp3) is 0.154. The summed E-state index contributed by atoms with van der Waals surface area (Å²) in [6, 6.07) is 13.2. The summed E-state index contributed by atoms with van der Waals surface area (Å²) >= 11 is 0. The van der Waals surface area contributed by atoms with Crippen molar-refractivity contribution in [2.75, 3.05) is 17.7 Å². The first-order chi connectivity index (χ1) is 8.28. The quantitative estimate of drug-likeness (QED) is 0.846. The van der Waals surface area contributed by atoms with Crippen molar-refractivity contribution in [1.29, 1.82) is 0 Å². The molecule has 0 radical (unpaired) electrons. The molecule has 88 valence electrons. The lowest BCUT2D eigenvalue weighted by Gasteiger charge is -2.08. The van der Waals surface area contributed by atoms with Gasteiger partial charge in [-0.25, -0.2) is 4.98 Å². The minimum atomic E-state index is 0.496. The summed E-state index contributed by atoms with van der Waals surface area (Å²) in [4.78, 5) is 4.17. The van der Waals surface area contributed by atoms with E-state index in [9.17, 15) is 0 Å². The maximum Gasteiger partial charge on any atom is 0.132 e. The molecule has 0 atom stereocenters. The predicted molar refractivity (Wildman–Crippen MR) is 69.5 cm³/mol. The molecule has 2 aromatic rings. The van der Waals surface area contributed by atoms with Crippen molar-refractivity contribution in [3.05, 3.63) is 42.5 Å². The fourth-order valence-electron chi connectivity index (χ4n) is 1.50. The molecule has 17 heavy (non-hydrogen) atoms. The van der Waals surface area contributed by atoms with Crippen molar-refractivity contribution in [2.24, 2.45) is 0 Å². The number of pyridine rings is 1. The first-order valence-electron chi connectivity index (χ1n) is 5.50. The van der Waals surface area contributed by atoms with E-state index in [1.807, 2.05) is 43.3 Å². The smallest absolute Gasteiger partial charge is 0.132 e. The summed E-state index contributed by atoms with van der Waals surface area (Å²) in [6.07, 6.45) is 0. The minimum Gasteiger partial charge on any atom is -0.494 e. The number of aromatic nitrogens is 1. The Morgan fingerprint density at radius 1 is 1.24 bits per heavy atom. The number of ether oxygens (including phenoxy) is 1. The Bertz CT molecular complexity index is 500. The Balaban J connectivity index is 2.15. The van der Waals surface area contributed by atoms with Crippen LogP contribution in [0.3, 0.4) is 0 Å². The van der Waals surface area contributed by atoms with Crippen molar-refractivity contribution in [3.8, 4) is 5.75 Å². The van der Waals surface area contributed by atoms with Crippen molar-refractivity contribution in [2.45, 2.75) is 6.92 Å². The molecule has 0 saturated heterocycles. The second-order valence-electron chi connectivity index (χ2n) is 3.53. The average Bonchev–Trinajstić information content (AvgIpc) is 2.30. The van der Waals surface area contributed by atoms with Gasteiger partial charge < -0.3 is 15.8 Å². The topological polar surface area (TPSA) is 60.2 Å². The highest BCUT2D eigenvalue weighted by molar-refractivity contribution is 5.59. The van der Waals surface area contributed by atoms with Crippen LogP contribution in [0.4, 0.5) is 17.3 Å². The molecular formula is C13H15N3O. The van der Waals surface area contributed by atoms with E-state index in [0.717, 1.165) is 17.3 Å². The summed E-state index contributed by atoms with van der Waals surface area (Å²) in [5, 5.41) is 3.17. The van der Waals surface area contributed by atoms with Crippen LogP contribution in [0, 0.1) is 0 Å². The van der Waals surface area contributed by atoms with Crippen molar-refractivity contribution in [3.63, 3.8) is 0 Å². The molecular weight excluding hydrogens is 214 g/mol. The van der Waals surface area contributed by atoms with Gasteiger partial charge in [-0.2, -0.15) is 0 Å². The number of nitrogens with two attached hydrogens (primary N) is 1. The number of nitrogens with zero attached hydrogens (tertiary/aromatic N) is 1. The zero-order chi connectivity index (χ0) is 12.1. The molecule has 0 saturated carbocycles. The van der Waals surface area contributed by atoms with Gasteiger partial charge in [-0.05, 0) is 31.2 Å². The van der Waals surface area contributed by atoms with Crippen molar-refractivity contribution >= 4 is 17.3 Å². The van der Waals surface area contributed by atoms with Gasteiger partial charge >= 0.3 is 0 Å². The maximum absolute atomic E-state index is 5.61. The lowest BCUT2D eigenvalue weighted by molar-refractivity contribution is 0.340. The monoisotopic (exact) mass is 229 g/mol. The first kappa shape index (κ1) is 11.3. The molecule has 1 aromatic heterocycles. The lowest BCUT2D eigenvalue weighted by atomic mass is 10.3. The Labute approximate surface area is 100 Å². The second kappa shape index (κ2) is 5.21. The van der Waals surface area contributed by atoms with E-state index in [1.54, 1.807) is 6.07 Å². The summed E-state index contributed by atoms with van der Waals surface area (Å²) in [7, 11) is 0. The summed E-state index contributed by atoms with van der Waals surface area (Å²) in [5.74, 6) is 2.05. The molecule has 0 unspecified atom stereocenters. The van der Waals surface area contributed by atoms with Gasteiger partial charge in [0.05, 0.1) is 6.61 Å². The van der Waals surface area contributed by atoms with Gasteiger partial charge in [0, 0.05) is 11.8 Å². The van der Waals surface area contributed by atoms with Gasteiger partial charge in [-0.3, -0.25) is 0 Å². The second-order valence-corrected chi connectivity index (χ2v) is 3.53. The molecule has 1 aromatic carbocycles. The number of hydrogen-bond acceptors (Lipinski definition) is 4. The molecule has 4 heteroatoms. The standard InChI is InChI=1S/C13H15N3O/c1-2-17-11-6-3-5-10(9-11)15-13-8-4-7-12(14)16-13/h3-9H,2H2,1H3,(H3,14,15,16). The van der Waals surface area contributed by atoms with Crippen LogP contribution in [0.2, 0.25) is 0 Å². The number of anilines is 3. The number of benzene rings is 1. The molecule has 0 amide bonds. The lowest BCUT2D eigenvalue weighted by Crippen LogP contribution is -1.97. The van der Waals surface area contributed by atoms with E-state index in [1.165, 1.54) is 0 Å². The Hall–Kier alpha value is -2.23. The van der Waals surface area contributed by atoms with Crippen LogP contribution < -0.4 is 15.8 Å². The third kappa shape index (κ3) is 3.11. The predicted octanol–water partition coefficient (Wildman–Crippen LogP) is 2.81. The van der Waals surface area contributed by atoms with Gasteiger partial charge in [0.2, 0.25) is 0 Å². The highest BCUT2D eigenvalue weighted by Gasteiger charge is 1.98. The number of rotatable bonds is 4. The molecule has 1 heterocycles. The van der Waals surface area contributed by atoms with E-state index < -0.39 is 0 Å². The molecule has 0 aliphatic heterocycles. The largest absolute Gasteiger partial charge is 0.494 e. The van der Waals surface area contributed by atoms with Gasteiger partial charge in [-0.15, -0.1) is 0 Å². The Morgan fingerprint density at radius 3 is 2.82 bits per heavy atom. The SMILES string of the molecule is CCOc1cccc(Nc2cccc(N)n2)c1. The first-order valence-corrected chi connectivity index (χ1v) is 5.50. The van der Waals surface area contributed by atoms with E-state index in [0.29, 0.717) is 12.4 Å². The third-order valence-electron chi connectivity index (χ3n) is 2.19. The van der Waals surface area contributed by atoms with Crippen LogP contribution in [-0.2, 0) is 0 Å². The van der Waals surface area contributed by atoms with E-state index in [4.69, 9.17) is 10.5 Å². The van der Waals surface area contributed by atoms with Gasteiger partial charge in [0.25, 0.3) is 0 Å². The van der Waals surface area contributed by atoms with Crippen LogP contribution in [0.15, 0.2) is 42.5 Å². The Morgan fingerprint density at radius 2 is 2.06 bits per heavy atom. The third-order valence-corrected chi connectivity index (χ3v) is 2.19. The molecule has 0 aliphatic rings. The molecule has 2 rings (SSSR count). The van der Waals surface area contributed by atoms with E-state index in [2.05, 4.69) is 10.3 Å². The van der Waals surface area contributed by atoms with Crippen LogP contribution >= 0.6 is 0 Å². The van der Waals surface area contributed by atoms with Gasteiger partial charge in [-0.1, -0.05) is 12.1 Å². The molecule has 4 nitrogen and oxygen atoms in total. The van der Waals surface area contributed by atoms with Crippen LogP contribution in [0.5, 0.6) is 5.75 Å². The minimum absolute atomic E-state index is 0.496. The zero-order valence-corrected chi connectivity index (χ0v) is 9.68. The van der Waals surface area contributed by atoms with E-state index in [-0.39, 0.29) is 0 Å². The van der Waals surface area contributed by atoms with Crippen molar-refractivity contribution in [1.82, 2.24) is 4.98 Å². The number of hydrogen-bond donors (Lipinski definition) is 2.